The van der Waals surface area contributed by atoms with Gasteiger partial charge in [-0.25, -0.2) is 4.68 Å². The Balaban J connectivity index is 2.56. The summed E-state index contributed by atoms with van der Waals surface area (Å²) in [6.45, 7) is 2.14. The maximum atomic E-state index is 9.45. The fourth-order valence-corrected chi connectivity index (χ4v) is 0.666. The molecule has 0 aliphatic rings. The minimum atomic E-state index is -0.935. The number of hydrogen-bond donors (Lipinski definition) is 2. The molecular weight excluding hydrogens is 146 g/mol. The van der Waals surface area contributed by atoms with Crippen LogP contribution in [0, 0.1) is 0 Å². The van der Waals surface area contributed by atoms with Gasteiger partial charge in [0, 0.05) is 6.54 Å². The van der Waals surface area contributed by atoms with Gasteiger partial charge in [-0.2, -0.15) is 0 Å². The van der Waals surface area contributed by atoms with E-state index in [-0.39, 0.29) is 6.54 Å². The zero-order chi connectivity index (χ0) is 8.32. The summed E-state index contributed by atoms with van der Waals surface area (Å²) < 4.78 is 1.44. The third-order valence-electron chi connectivity index (χ3n) is 1.33. The first kappa shape index (κ1) is 8.09. The second kappa shape index (κ2) is 2.93. The number of hydrogen-bond acceptors (Lipinski definition) is 5. The molecule has 1 rings (SSSR count). The lowest BCUT2D eigenvalue weighted by molar-refractivity contribution is 0.0465. The molecule has 3 N–H and O–H groups in total. The highest BCUT2D eigenvalue weighted by molar-refractivity contribution is 4.72. The molecule has 1 unspecified atom stereocenters. The zero-order valence-corrected chi connectivity index (χ0v) is 6.30. The fraction of sp³-hybridized carbons (Fsp3) is 0.800. The highest BCUT2D eigenvalue weighted by Crippen LogP contribution is 2.02. The van der Waals surface area contributed by atoms with Crippen LogP contribution in [0.3, 0.4) is 0 Å². The Morgan fingerprint density at radius 2 is 2.45 bits per heavy atom. The largest absolute Gasteiger partial charge is 0.387 e. The van der Waals surface area contributed by atoms with E-state index in [1.165, 1.54) is 11.0 Å². The third kappa shape index (κ3) is 2.24. The van der Waals surface area contributed by atoms with Gasteiger partial charge in [-0.3, -0.25) is 0 Å². The lowest BCUT2D eigenvalue weighted by Crippen LogP contribution is -2.38. The molecule has 0 aliphatic heterocycles. The van der Waals surface area contributed by atoms with Crippen molar-refractivity contribution in [3.8, 4) is 0 Å². The van der Waals surface area contributed by atoms with Crippen LogP contribution in [0.15, 0.2) is 6.33 Å². The first-order valence-corrected chi connectivity index (χ1v) is 3.27. The maximum absolute atomic E-state index is 9.45. The first-order valence-electron chi connectivity index (χ1n) is 3.27. The van der Waals surface area contributed by atoms with Crippen LogP contribution in [0.25, 0.3) is 0 Å². The zero-order valence-electron chi connectivity index (χ0n) is 6.30. The van der Waals surface area contributed by atoms with Gasteiger partial charge in [-0.1, -0.05) is 0 Å². The van der Waals surface area contributed by atoms with E-state index < -0.39 is 5.60 Å². The predicted molar refractivity (Wildman–Crippen MR) is 37.5 cm³/mol. The van der Waals surface area contributed by atoms with Gasteiger partial charge >= 0.3 is 0 Å². The van der Waals surface area contributed by atoms with Crippen molar-refractivity contribution in [1.82, 2.24) is 20.2 Å². The summed E-state index contributed by atoms with van der Waals surface area (Å²) in [4.78, 5) is 0. The fourth-order valence-electron chi connectivity index (χ4n) is 0.666. The van der Waals surface area contributed by atoms with E-state index in [9.17, 15) is 5.11 Å². The molecule has 62 valence electrons. The maximum Gasteiger partial charge on any atom is 0.138 e. The molecule has 0 radical (unpaired) electrons. The first-order chi connectivity index (χ1) is 5.14. The number of aromatic nitrogens is 4. The Morgan fingerprint density at radius 3 is 2.91 bits per heavy atom. The lowest BCUT2D eigenvalue weighted by Gasteiger charge is -2.19. The topological polar surface area (TPSA) is 89.8 Å². The molecule has 0 aliphatic carbocycles. The number of nitrogens with zero attached hydrogens (tertiary/aromatic N) is 4. The van der Waals surface area contributed by atoms with E-state index in [1.807, 2.05) is 0 Å². The van der Waals surface area contributed by atoms with Crippen LogP contribution in [0.1, 0.15) is 6.92 Å². The van der Waals surface area contributed by atoms with Crippen LogP contribution in [-0.4, -0.2) is 37.5 Å². The van der Waals surface area contributed by atoms with E-state index in [0.717, 1.165) is 0 Å². The van der Waals surface area contributed by atoms with Crippen molar-refractivity contribution < 1.29 is 5.11 Å². The van der Waals surface area contributed by atoms with E-state index in [1.54, 1.807) is 6.92 Å². The second-order valence-electron chi connectivity index (χ2n) is 2.71. The molecule has 0 fully saturated rings. The van der Waals surface area contributed by atoms with Gasteiger partial charge in [-0.05, 0) is 17.4 Å². The quantitative estimate of drug-likeness (QED) is 0.550. The monoisotopic (exact) mass is 157 g/mol. The molecule has 1 aromatic rings. The molecule has 0 spiro atoms. The van der Waals surface area contributed by atoms with Gasteiger partial charge in [0.15, 0.2) is 0 Å². The minimum Gasteiger partial charge on any atom is -0.387 e. The molecule has 1 atom stereocenters. The molecule has 0 aromatic carbocycles. The predicted octanol–water partition coefficient (Wildman–Crippen LogP) is -1.62. The highest BCUT2D eigenvalue weighted by Gasteiger charge is 2.18. The van der Waals surface area contributed by atoms with Crippen molar-refractivity contribution in [2.24, 2.45) is 5.73 Å². The van der Waals surface area contributed by atoms with Crippen LogP contribution in [-0.2, 0) is 6.54 Å². The van der Waals surface area contributed by atoms with E-state index in [4.69, 9.17) is 5.73 Å². The summed E-state index contributed by atoms with van der Waals surface area (Å²) in [6.07, 6.45) is 1.43. The van der Waals surface area contributed by atoms with Crippen molar-refractivity contribution in [1.29, 1.82) is 0 Å². The van der Waals surface area contributed by atoms with Crippen LogP contribution < -0.4 is 5.73 Å². The minimum absolute atomic E-state index is 0.187. The Bertz CT molecular complexity index is 207. The molecule has 0 saturated heterocycles. The summed E-state index contributed by atoms with van der Waals surface area (Å²) >= 11 is 0. The molecule has 0 saturated carbocycles. The Hall–Kier alpha value is -1.01. The van der Waals surface area contributed by atoms with Crippen LogP contribution in [0.5, 0.6) is 0 Å². The Labute approximate surface area is 64.0 Å². The molecule has 1 heterocycles. The van der Waals surface area contributed by atoms with Gasteiger partial charge in [0.2, 0.25) is 0 Å². The number of rotatable bonds is 3. The van der Waals surface area contributed by atoms with E-state index >= 15 is 0 Å². The van der Waals surface area contributed by atoms with Crippen molar-refractivity contribution in [3.05, 3.63) is 6.33 Å². The summed E-state index contributed by atoms with van der Waals surface area (Å²) in [7, 11) is 0. The summed E-state index contributed by atoms with van der Waals surface area (Å²) in [5.41, 5.74) is 4.36. The van der Waals surface area contributed by atoms with Gasteiger partial charge in [0.1, 0.15) is 6.33 Å². The molecule has 0 amide bonds. The molecule has 6 heteroatoms. The summed E-state index contributed by atoms with van der Waals surface area (Å²) in [5.74, 6) is 0. The molecule has 6 nitrogen and oxygen atoms in total. The smallest absolute Gasteiger partial charge is 0.138 e. The molecular formula is C5H11N5O. The lowest BCUT2D eigenvalue weighted by atomic mass is 10.1. The Kier molecular flexibility index (Phi) is 2.16. The Morgan fingerprint density at radius 1 is 1.73 bits per heavy atom. The number of tetrazole rings is 1. The van der Waals surface area contributed by atoms with Gasteiger partial charge < -0.3 is 10.8 Å². The standard InChI is InChI=1S/C5H11N5O/c1-5(11,2-6)3-10-4-7-8-9-10/h4,11H,2-3,6H2,1H3. The van der Waals surface area contributed by atoms with Crippen LogP contribution in [0.4, 0.5) is 0 Å². The number of aliphatic hydroxyl groups is 1. The third-order valence-corrected chi connectivity index (χ3v) is 1.33. The van der Waals surface area contributed by atoms with Crippen molar-refractivity contribution in [2.45, 2.75) is 19.1 Å². The SMILES string of the molecule is CC(O)(CN)Cn1cnnn1. The summed E-state index contributed by atoms with van der Waals surface area (Å²) in [6, 6.07) is 0. The summed E-state index contributed by atoms with van der Waals surface area (Å²) in [5, 5.41) is 19.9. The van der Waals surface area contributed by atoms with E-state index in [0.29, 0.717) is 6.54 Å². The number of nitrogens with two attached hydrogens (primary N) is 1. The van der Waals surface area contributed by atoms with Crippen LogP contribution >= 0.6 is 0 Å². The average Bonchev–Trinajstić information content (AvgIpc) is 2.39. The second-order valence-corrected chi connectivity index (χ2v) is 2.71. The highest BCUT2D eigenvalue weighted by atomic mass is 16.3. The van der Waals surface area contributed by atoms with Gasteiger partial charge in [0.25, 0.3) is 0 Å². The van der Waals surface area contributed by atoms with Crippen molar-refractivity contribution in [3.63, 3.8) is 0 Å². The van der Waals surface area contributed by atoms with E-state index in [2.05, 4.69) is 15.5 Å². The molecule has 1 aromatic heterocycles. The van der Waals surface area contributed by atoms with Gasteiger partial charge in [0.05, 0.1) is 12.1 Å². The van der Waals surface area contributed by atoms with Crippen molar-refractivity contribution >= 4 is 0 Å². The van der Waals surface area contributed by atoms with Crippen LogP contribution in [0.2, 0.25) is 0 Å². The molecule has 11 heavy (non-hydrogen) atoms. The van der Waals surface area contributed by atoms with Crippen molar-refractivity contribution in [2.75, 3.05) is 6.54 Å². The average molecular weight is 157 g/mol. The van der Waals surface area contributed by atoms with Gasteiger partial charge in [-0.15, -0.1) is 5.10 Å². The normalized spacial score (nSPS) is 16.3. The molecule has 0 bridgehead atoms.